The first-order valence-electron chi connectivity index (χ1n) is 10.5. The van der Waals surface area contributed by atoms with Crippen molar-refractivity contribution in [1.82, 2.24) is 9.97 Å². The van der Waals surface area contributed by atoms with Crippen LogP contribution in [0.1, 0.15) is 34.3 Å². The van der Waals surface area contributed by atoms with Gasteiger partial charge in [0.25, 0.3) is 0 Å². The molecule has 0 radical (unpaired) electrons. The lowest BCUT2D eigenvalue weighted by atomic mass is 10.0. The Bertz CT molecular complexity index is 1240. The quantitative estimate of drug-likeness (QED) is 0.321. The van der Waals surface area contributed by atoms with Gasteiger partial charge in [-0.05, 0) is 73.9 Å². The number of hydrogen-bond acceptors (Lipinski definition) is 5. The lowest BCUT2D eigenvalue weighted by Crippen LogP contribution is -2.08. The number of hydrogen-bond donors (Lipinski definition) is 1. The van der Waals surface area contributed by atoms with Crippen molar-refractivity contribution in [2.24, 2.45) is 0 Å². The van der Waals surface area contributed by atoms with Crippen LogP contribution in [0.25, 0.3) is 22.3 Å². The molecular formula is C26H24N2O4. The summed E-state index contributed by atoms with van der Waals surface area (Å²) < 4.78 is 10.1. The van der Waals surface area contributed by atoms with Gasteiger partial charge in [-0.25, -0.2) is 4.79 Å². The molecular weight excluding hydrogens is 404 g/mol. The Balaban J connectivity index is 1.45. The number of nitrogens with one attached hydrogen (secondary N) is 1. The molecule has 4 aromatic rings. The number of pyridine rings is 1. The summed E-state index contributed by atoms with van der Waals surface area (Å²) in [4.78, 5) is 31.8. The zero-order chi connectivity index (χ0) is 22.5. The maximum atomic E-state index is 12.4. The van der Waals surface area contributed by atoms with Crippen molar-refractivity contribution in [2.75, 3.05) is 7.11 Å². The first kappa shape index (κ1) is 21.3. The average molecular weight is 428 g/mol. The molecule has 6 nitrogen and oxygen atoms in total. The van der Waals surface area contributed by atoms with Crippen molar-refractivity contribution >= 4 is 22.8 Å². The van der Waals surface area contributed by atoms with Crippen LogP contribution in [0.15, 0.2) is 66.9 Å². The molecule has 1 N–H and O–H groups in total. The lowest BCUT2D eigenvalue weighted by Gasteiger charge is -2.07. The third-order valence-electron chi connectivity index (χ3n) is 5.30. The molecule has 2 aromatic carbocycles. The van der Waals surface area contributed by atoms with Crippen LogP contribution in [-0.4, -0.2) is 29.0 Å². The van der Waals surface area contributed by atoms with Gasteiger partial charge in [0.15, 0.2) is 0 Å². The molecule has 0 bridgehead atoms. The fourth-order valence-corrected chi connectivity index (χ4v) is 3.72. The van der Waals surface area contributed by atoms with Crippen molar-refractivity contribution in [1.29, 1.82) is 0 Å². The fourth-order valence-electron chi connectivity index (χ4n) is 3.72. The van der Waals surface area contributed by atoms with E-state index in [1.165, 1.54) is 12.7 Å². The van der Waals surface area contributed by atoms with Gasteiger partial charge in [0.1, 0.15) is 5.75 Å². The van der Waals surface area contributed by atoms with Crippen molar-refractivity contribution in [3.05, 3.63) is 83.6 Å². The predicted octanol–water partition coefficient (Wildman–Crippen LogP) is 5.25. The first-order chi connectivity index (χ1) is 15.5. The Hall–Kier alpha value is -3.93. The normalized spacial score (nSPS) is 10.8. The van der Waals surface area contributed by atoms with Gasteiger partial charge >= 0.3 is 11.9 Å². The van der Waals surface area contributed by atoms with E-state index in [4.69, 9.17) is 4.74 Å². The zero-order valence-electron chi connectivity index (χ0n) is 18.1. The Morgan fingerprint density at radius 2 is 1.84 bits per heavy atom. The summed E-state index contributed by atoms with van der Waals surface area (Å²) in [6.45, 7) is 2.07. The third kappa shape index (κ3) is 4.70. The highest BCUT2D eigenvalue weighted by molar-refractivity contribution is 5.91. The van der Waals surface area contributed by atoms with Crippen LogP contribution in [0.4, 0.5) is 0 Å². The second kappa shape index (κ2) is 9.47. The van der Waals surface area contributed by atoms with E-state index in [0.29, 0.717) is 24.2 Å². The number of ether oxygens (including phenoxy) is 2. The van der Waals surface area contributed by atoms with E-state index in [1.54, 1.807) is 30.5 Å². The minimum Gasteiger partial charge on any atom is -0.465 e. The smallest absolute Gasteiger partial charge is 0.337 e. The molecule has 0 saturated heterocycles. The number of carbonyl (C=O) groups is 2. The van der Waals surface area contributed by atoms with E-state index in [2.05, 4.69) is 39.8 Å². The summed E-state index contributed by atoms with van der Waals surface area (Å²) in [7, 11) is 1.32. The Morgan fingerprint density at radius 1 is 1.03 bits per heavy atom. The molecule has 0 aliphatic rings. The third-order valence-corrected chi connectivity index (χ3v) is 5.30. The molecule has 0 fully saturated rings. The van der Waals surface area contributed by atoms with Gasteiger partial charge in [-0.3, -0.25) is 9.78 Å². The van der Waals surface area contributed by atoms with Crippen LogP contribution >= 0.6 is 0 Å². The molecule has 2 aromatic heterocycles. The van der Waals surface area contributed by atoms with E-state index in [0.717, 1.165) is 27.9 Å². The van der Waals surface area contributed by atoms with Crippen molar-refractivity contribution in [3.63, 3.8) is 0 Å². The first-order valence-corrected chi connectivity index (χ1v) is 10.5. The van der Waals surface area contributed by atoms with Gasteiger partial charge in [0.2, 0.25) is 0 Å². The van der Waals surface area contributed by atoms with E-state index >= 15 is 0 Å². The minimum atomic E-state index is -0.430. The molecule has 0 unspecified atom stereocenters. The number of esters is 2. The van der Waals surface area contributed by atoms with Gasteiger partial charge in [-0.1, -0.05) is 17.7 Å². The maximum absolute atomic E-state index is 12.4. The molecule has 0 spiro atoms. The Morgan fingerprint density at radius 3 is 2.56 bits per heavy atom. The number of methoxy groups -OCH3 is 1. The minimum absolute atomic E-state index is 0.277. The molecule has 6 heteroatoms. The van der Waals surface area contributed by atoms with Crippen molar-refractivity contribution in [2.45, 2.75) is 26.2 Å². The van der Waals surface area contributed by atoms with E-state index in [1.807, 2.05) is 18.2 Å². The Kier molecular flexibility index (Phi) is 6.31. The number of aromatic amines is 1. The van der Waals surface area contributed by atoms with Crippen LogP contribution in [0.2, 0.25) is 0 Å². The average Bonchev–Trinajstić information content (AvgIpc) is 3.17. The number of rotatable bonds is 7. The maximum Gasteiger partial charge on any atom is 0.337 e. The van der Waals surface area contributed by atoms with Gasteiger partial charge in [0, 0.05) is 23.5 Å². The van der Waals surface area contributed by atoms with E-state index < -0.39 is 5.97 Å². The summed E-state index contributed by atoms with van der Waals surface area (Å²) in [6, 6.07) is 18.5. The molecule has 2 heterocycles. The molecule has 0 atom stereocenters. The zero-order valence-corrected chi connectivity index (χ0v) is 18.1. The molecule has 0 saturated carbocycles. The summed E-state index contributed by atoms with van der Waals surface area (Å²) in [5, 5.41) is 1.15. The van der Waals surface area contributed by atoms with Crippen LogP contribution in [0.5, 0.6) is 5.75 Å². The highest BCUT2D eigenvalue weighted by atomic mass is 16.5. The number of benzene rings is 2. The fraction of sp³-hybridized carbons (Fsp3) is 0.192. The summed E-state index contributed by atoms with van der Waals surface area (Å²) in [5.41, 5.74) is 5.66. The standard InChI is InChI=1S/C26H24N2O4/c1-17-9-14-22-21(16-17)20(25(28-22)23-7-3-4-15-27-23)6-5-8-24(29)32-19-12-10-18(11-13-19)26(30)31-2/h3-4,7,9-16,28H,5-6,8H2,1-2H3. The van der Waals surface area contributed by atoms with Gasteiger partial charge < -0.3 is 14.5 Å². The number of aryl methyl sites for hydroxylation is 2. The SMILES string of the molecule is COC(=O)c1ccc(OC(=O)CCCc2c(-c3ccccn3)[nH]c3ccc(C)cc23)cc1. The van der Waals surface area contributed by atoms with Crippen LogP contribution in [0.3, 0.4) is 0 Å². The monoisotopic (exact) mass is 428 g/mol. The highest BCUT2D eigenvalue weighted by Crippen LogP contribution is 2.31. The Labute approximate surface area is 186 Å². The number of fused-ring (bicyclic) bond motifs is 1. The molecule has 0 amide bonds. The van der Waals surface area contributed by atoms with Crippen LogP contribution in [0, 0.1) is 6.92 Å². The predicted molar refractivity (Wildman–Crippen MR) is 123 cm³/mol. The largest absolute Gasteiger partial charge is 0.465 e. The van der Waals surface area contributed by atoms with Crippen molar-refractivity contribution < 1.29 is 19.1 Å². The molecule has 32 heavy (non-hydrogen) atoms. The number of carbonyl (C=O) groups excluding carboxylic acids is 2. The molecule has 4 rings (SSSR count). The lowest BCUT2D eigenvalue weighted by molar-refractivity contribution is -0.134. The van der Waals surface area contributed by atoms with E-state index in [9.17, 15) is 9.59 Å². The van der Waals surface area contributed by atoms with Gasteiger partial charge in [-0.2, -0.15) is 0 Å². The molecule has 0 aliphatic carbocycles. The number of nitrogens with zero attached hydrogens (tertiary/aromatic N) is 1. The second-order valence-corrected chi connectivity index (χ2v) is 7.59. The van der Waals surface area contributed by atoms with Gasteiger partial charge in [-0.15, -0.1) is 0 Å². The van der Waals surface area contributed by atoms with Crippen molar-refractivity contribution in [3.8, 4) is 17.1 Å². The summed E-state index contributed by atoms with van der Waals surface area (Å²) >= 11 is 0. The van der Waals surface area contributed by atoms with Gasteiger partial charge in [0.05, 0.1) is 24.1 Å². The second-order valence-electron chi connectivity index (χ2n) is 7.59. The van der Waals surface area contributed by atoms with Crippen LogP contribution in [-0.2, 0) is 16.0 Å². The number of aromatic nitrogens is 2. The topological polar surface area (TPSA) is 81.3 Å². The van der Waals surface area contributed by atoms with Crippen LogP contribution < -0.4 is 4.74 Å². The van der Waals surface area contributed by atoms with E-state index in [-0.39, 0.29) is 12.4 Å². The summed E-state index contributed by atoms with van der Waals surface area (Å²) in [6.07, 6.45) is 3.41. The molecule has 162 valence electrons. The summed E-state index contributed by atoms with van der Waals surface area (Å²) in [5.74, 6) is -0.341. The number of H-pyrrole nitrogens is 1. The highest BCUT2D eigenvalue weighted by Gasteiger charge is 2.15. The molecule has 0 aliphatic heterocycles.